The van der Waals surface area contributed by atoms with Gasteiger partial charge in [0.15, 0.2) is 0 Å². The van der Waals surface area contributed by atoms with E-state index in [9.17, 15) is 9.59 Å². The quantitative estimate of drug-likeness (QED) is 0.475. The Morgan fingerprint density at radius 3 is 2.23 bits per heavy atom. The van der Waals surface area contributed by atoms with E-state index in [0.717, 1.165) is 38.7 Å². The van der Waals surface area contributed by atoms with Crippen molar-refractivity contribution in [3.05, 3.63) is 0 Å². The fourth-order valence-corrected chi connectivity index (χ4v) is 3.00. The van der Waals surface area contributed by atoms with E-state index in [1.807, 2.05) is 20.8 Å². The number of hydrogen-bond acceptors (Lipinski definition) is 5. The summed E-state index contributed by atoms with van der Waals surface area (Å²) in [4.78, 5) is 23.2. The van der Waals surface area contributed by atoms with E-state index in [2.05, 4.69) is 5.32 Å². The number of hydrogen-bond donors (Lipinski definition) is 1. The maximum Gasteiger partial charge on any atom is 0.220 e. The predicted molar refractivity (Wildman–Crippen MR) is 101 cm³/mol. The van der Waals surface area contributed by atoms with Crippen LogP contribution in [0.15, 0.2) is 0 Å². The van der Waals surface area contributed by atoms with Gasteiger partial charge in [-0.3, -0.25) is 9.59 Å². The molecule has 0 aromatic carbocycles. The third-order valence-corrected chi connectivity index (χ3v) is 4.63. The van der Waals surface area contributed by atoms with E-state index in [4.69, 9.17) is 14.2 Å². The Labute approximate surface area is 158 Å². The molecule has 0 aromatic rings. The summed E-state index contributed by atoms with van der Waals surface area (Å²) in [6, 6.07) is 0. The minimum atomic E-state index is 0.0236. The number of rotatable bonds is 14. The highest BCUT2D eigenvalue weighted by atomic mass is 16.5. The van der Waals surface area contributed by atoms with Crippen molar-refractivity contribution in [2.45, 2.75) is 77.9 Å². The first-order chi connectivity index (χ1) is 12.5. The van der Waals surface area contributed by atoms with Gasteiger partial charge in [0.1, 0.15) is 5.78 Å². The number of carbonyl (C=O) groups is 2. The van der Waals surface area contributed by atoms with Crippen LogP contribution < -0.4 is 5.32 Å². The van der Waals surface area contributed by atoms with Crippen LogP contribution in [-0.4, -0.2) is 56.9 Å². The zero-order chi connectivity index (χ0) is 19.2. The normalized spacial score (nSPS) is 20.3. The Bertz CT molecular complexity index is 392. The molecule has 0 aliphatic heterocycles. The van der Waals surface area contributed by atoms with Gasteiger partial charge in [-0.25, -0.2) is 0 Å². The molecule has 0 atom stereocenters. The van der Waals surface area contributed by atoms with Crippen molar-refractivity contribution in [2.75, 3.05) is 33.0 Å². The summed E-state index contributed by atoms with van der Waals surface area (Å²) in [5, 5.41) is 2.83. The van der Waals surface area contributed by atoms with Crippen molar-refractivity contribution < 1.29 is 23.8 Å². The molecule has 1 saturated carbocycles. The van der Waals surface area contributed by atoms with E-state index >= 15 is 0 Å². The first-order valence-electron chi connectivity index (χ1n) is 10.1. The molecule has 0 saturated heterocycles. The number of carbonyl (C=O) groups excluding carboxylic acids is 2. The highest BCUT2D eigenvalue weighted by Crippen LogP contribution is 2.23. The van der Waals surface area contributed by atoms with Crippen LogP contribution in [0.4, 0.5) is 0 Å². The van der Waals surface area contributed by atoms with Gasteiger partial charge in [0.25, 0.3) is 0 Å². The molecule has 0 bridgehead atoms. The molecular weight excluding hydrogens is 334 g/mol. The Hall–Kier alpha value is -0.980. The first-order valence-corrected chi connectivity index (χ1v) is 10.1. The van der Waals surface area contributed by atoms with E-state index < -0.39 is 0 Å². The van der Waals surface area contributed by atoms with Crippen molar-refractivity contribution in [2.24, 2.45) is 5.92 Å². The fourth-order valence-electron chi connectivity index (χ4n) is 3.00. The average Bonchev–Trinajstić information content (AvgIpc) is 2.63. The third-order valence-electron chi connectivity index (χ3n) is 4.63. The molecule has 0 aromatic heterocycles. The molecule has 0 radical (unpaired) electrons. The topological polar surface area (TPSA) is 73.9 Å². The minimum absolute atomic E-state index is 0.0236. The summed E-state index contributed by atoms with van der Waals surface area (Å²) < 4.78 is 16.9. The molecule has 0 heterocycles. The smallest absolute Gasteiger partial charge is 0.220 e. The molecule has 6 nitrogen and oxygen atoms in total. The molecule has 26 heavy (non-hydrogen) atoms. The van der Waals surface area contributed by atoms with Crippen LogP contribution in [0.3, 0.4) is 0 Å². The monoisotopic (exact) mass is 371 g/mol. The number of nitrogens with one attached hydrogen (secondary N) is 1. The molecule has 6 heteroatoms. The van der Waals surface area contributed by atoms with E-state index in [1.54, 1.807) is 0 Å². The van der Waals surface area contributed by atoms with E-state index in [1.165, 1.54) is 0 Å². The lowest BCUT2D eigenvalue weighted by Crippen LogP contribution is -2.28. The van der Waals surface area contributed by atoms with Crippen molar-refractivity contribution in [1.82, 2.24) is 5.32 Å². The van der Waals surface area contributed by atoms with E-state index in [-0.39, 0.29) is 17.6 Å². The minimum Gasteiger partial charge on any atom is -0.379 e. The second-order valence-electron chi connectivity index (χ2n) is 7.16. The second kappa shape index (κ2) is 14.1. The molecular formula is C20H37NO5. The van der Waals surface area contributed by atoms with Crippen LogP contribution in [0.2, 0.25) is 0 Å². The summed E-state index contributed by atoms with van der Waals surface area (Å²) >= 11 is 0. The van der Waals surface area contributed by atoms with E-state index in [0.29, 0.717) is 51.4 Å². The fraction of sp³-hybridized carbons (Fsp3) is 0.900. The largest absolute Gasteiger partial charge is 0.379 e. The Morgan fingerprint density at radius 1 is 0.962 bits per heavy atom. The highest BCUT2D eigenvalue weighted by Gasteiger charge is 2.21. The molecule has 0 unspecified atom stereocenters. The molecule has 1 amide bonds. The predicted octanol–water partition coefficient (Wildman–Crippen LogP) is 2.88. The van der Waals surface area contributed by atoms with Crippen LogP contribution in [0.5, 0.6) is 0 Å². The molecule has 1 N–H and O–H groups in total. The van der Waals surface area contributed by atoms with Gasteiger partial charge in [-0.05, 0) is 39.0 Å². The zero-order valence-electron chi connectivity index (χ0n) is 16.8. The second-order valence-corrected chi connectivity index (χ2v) is 7.16. The maximum absolute atomic E-state index is 11.7. The summed E-state index contributed by atoms with van der Waals surface area (Å²) in [5.41, 5.74) is 0. The molecule has 0 spiro atoms. The Kier molecular flexibility index (Phi) is 12.5. The average molecular weight is 372 g/mol. The van der Waals surface area contributed by atoms with Gasteiger partial charge in [0, 0.05) is 38.5 Å². The SMILES string of the molecule is CCOC1CCC(OCCCC(=O)NCCOCCC(=O)C(C)C)CC1. The van der Waals surface area contributed by atoms with Crippen molar-refractivity contribution in [1.29, 1.82) is 0 Å². The maximum atomic E-state index is 11.7. The molecule has 1 aliphatic carbocycles. The van der Waals surface area contributed by atoms with Crippen LogP contribution in [-0.2, 0) is 23.8 Å². The molecule has 152 valence electrons. The summed E-state index contributed by atoms with van der Waals surface area (Å²) in [7, 11) is 0. The number of Topliss-reactive ketones (excluding diaryl/α,β-unsaturated/α-hetero) is 1. The lowest BCUT2D eigenvalue weighted by atomic mass is 9.95. The van der Waals surface area contributed by atoms with Gasteiger partial charge in [-0.2, -0.15) is 0 Å². The summed E-state index contributed by atoms with van der Waals surface area (Å²) in [6.07, 6.45) is 6.61. The molecule has 1 aliphatic rings. The van der Waals surface area contributed by atoms with Gasteiger partial charge in [0.05, 0.1) is 25.4 Å². The number of amides is 1. The first kappa shape index (κ1) is 23.1. The highest BCUT2D eigenvalue weighted by molar-refractivity contribution is 5.80. The van der Waals surface area contributed by atoms with Crippen LogP contribution >= 0.6 is 0 Å². The Morgan fingerprint density at radius 2 is 1.62 bits per heavy atom. The number of ketones is 1. The van der Waals surface area contributed by atoms with Crippen LogP contribution in [0.25, 0.3) is 0 Å². The van der Waals surface area contributed by atoms with Gasteiger partial charge in [-0.15, -0.1) is 0 Å². The Balaban J connectivity index is 1.90. The molecule has 1 fully saturated rings. The molecule has 1 rings (SSSR count). The van der Waals surface area contributed by atoms with Crippen molar-refractivity contribution in [3.63, 3.8) is 0 Å². The summed E-state index contributed by atoms with van der Waals surface area (Å²) in [5.74, 6) is 0.288. The van der Waals surface area contributed by atoms with Crippen molar-refractivity contribution >= 4 is 11.7 Å². The van der Waals surface area contributed by atoms with Crippen LogP contribution in [0, 0.1) is 5.92 Å². The zero-order valence-corrected chi connectivity index (χ0v) is 16.8. The van der Waals surface area contributed by atoms with Crippen molar-refractivity contribution in [3.8, 4) is 0 Å². The van der Waals surface area contributed by atoms with Gasteiger partial charge in [0.2, 0.25) is 5.91 Å². The number of ether oxygens (including phenoxy) is 3. The van der Waals surface area contributed by atoms with Gasteiger partial charge < -0.3 is 19.5 Å². The van der Waals surface area contributed by atoms with Crippen LogP contribution in [0.1, 0.15) is 65.7 Å². The third kappa shape index (κ3) is 10.9. The summed E-state index contributed by atoms with van der Waals surface area (Å²) in [6.45, 7) is 8.57. The van der Waals surface area contributed by atoms with Gasteiger partial charge in [-0.1, -0.05) is 13.8 Å². The lowest BCUT2D eigenvalue weighted by Gasteiger charge is -2.28. The standard InChI is InChI=1S/C20H37NO5/c1-4-25-17-7-9-18(10-8-17)26-13-5-6-20(23)21-12-15-24-14-11-19(22)16(2)3/h16-18H,4-15H2,1-3H3,(H,21,23). The van der Waals surface area contributed by atoms with Gasteiger partial charge >= 0.3 is 0 Å². The lowest BCUT2D eigenvalue weighted by molar-refractivity contribution is -0.124.